The zero-order valence-electron chi connectivity index (χ0n) is 15.6. The lowest BCUT2D eigenvalue weighted by Crippen LogP contribution is -2.17. The van der Waals surface area contributed by atoms with Crippen LogP contribution in [0, 0.1) is 0 Å². The molecule has 2 heteroatoms. The zero-order chi connectivity index (χ0) is 19.1. The van der Waals surface area contributed by atoms with Crippen LogP contribution in [0.1, 0.15) is 22.3 Å². The van der Waals surface area contributed by atoms with Crippen molar-refractivity contribution in [3.63, 3.8) is 0 Å². The number of anilines is 2. The molecule has 1 heterocycles. The second-order valence-electron chi connectivity index (χ2n) is 7.04. The van der Waals surface area contributed by atoms with Crippen LogP contribution in [0.25, 0.3) is 17.2 Å². The first-order chi connectivity index (χ1) is 13.7. The molecular weight excluding hydrogens is 342 g/mol. The fourth-order valence-corrected chi connectivity index (χ4v) is 4.06. The number of fused-ring (bicyclic) bond motifs is 3. The molecule has 0 N–H and O–H groups in total. The van der Waals surface area contributed by atoms with Crippen LogP contribution in [0.3, 0.4) is 0 Å². The van der Waals surface area contributed by atoms with Gasteiger partial charge in [0.15, 0.2) is 5.78 Å². The number of para-hydroxylation sites is 2. The summed E-state index contributed by atoms with van der Waals surface area (Å²) < 4.78 is 0. The van der Waals surface area contributed by atoms with Gasteiger partial charge in [-0.05, 0) is 41.0 Å². The second-order valence-corrected chi connectivity index (χ2v) is 7.04. The van der Waals surface area contributed by atoms with E-state index < -0.39 is 0 Å². The highest BCUT2D eigenvalue weighted by Gasteiger charge is 2.23. The maximum atomic E-state index is 12.6. The Morgan fingerprint density at radius 1 is 0.643 bits per heavy atom. The van der Waals surface area contributed by atoms with Crippen molar-refractivity contribution in [1.29, 1.82) is 0 Å². The molecule has 134 valence electrons. The van der Waals surface area contributed by atoms with Gasteiger partial charge in [0.1, 0.15) is 0 Å². The number of allylic oxidation sites excluding steroid dienone is 4. The highest BCUT2D eigenvalue weighted by molar-refractivity contribution is 6.30. The molecule has 0 unspecified atom stereocenters. The Labute approximate surface area is 164 Å². The predicted molar refractivity (Wildman–Crippen MR) is 116 cm³/mol. The fourth-order valence-electron chi connectivity index (χ4n) is 4.06. The van der Waals surface area contributed by atoms with Gasteiger partial charge in [-0.15, -0.1) is 0 Å². The summed E-state index contributed by atoms with van der Waals surface area (Å²) in [6.45, 7) is 0. The lowest BCUT2D eigenvalue weighted by molar-refractivity contribution is -0.109. The Balaban J connectivity index is 1.71. The van der Waals surface area contributed by atoms with Crippen LogP contribution in [-0.2, 0) is 4.79 Å². The molecule has 0 bridgehead atoms. The van der Waals surface area contributed by atoms with Crippen molar-refractivity contribution in [1.82, 2.24) is 0 Å². The minimum absolute atomic E-state index is 0.0463. The minimum atomic E-state index is 0.0463. The van der Waals surface area contributed by atoms with Crippen molar-refractivity contribution in [2.75, 3.05) is 11.9 Å². The number of carbonyl (C=O) groups is 1. The van der Waals surface area contributed by atoms with Crippen LogP contribution in [0.15, 0.2) is 91.0 Å². The lowest BCUT2D eigenvalue weighted by Gasteiger charge is -2.31. The van der Waals surface area contributed by atoms with Gasteiger partial charge >= 0.3 is 0 Å². The van der Waals surface area contributed by atoms with Gasteiger partial charge in [-0.2, -0.15) is 0 Å². The first-order valence-electron chi connectivity index (χ1n) is 9.40. The number of rotatable bonds is 1. The monoisotopic (exact) mass is 361 g/mol. The van der Waals surface area contributed by atoms with Gasteiger partial charge in [-0.1, -0.05) is 72.8 Å². The van der Waals surface area contributed by atoms with Crippen LogP contribution >= 0.6 is 0 Å². The highest BCUT2D eigenvalue weighted by Crippen LogP contribution is 2.44. The third-order valence-corrected chi connectivity index (χ3v) is 5.46. The van der Waals surface area contributed by atoms with E-state index in [1.807, 2.05) is 36.4 Å². The maximum absolute atomic E-state index is 12.6. The van der Waals surface area contributed by atoms with E-state index in [1.165, 1.54) is 22.5 Å². The van der Waals surface area contributed by atoms with Gasteiger partial charge in [0.2, 0.25) is 0 Å². The molecule has 2 nitrogen and oxygen atoms in total. The van der Waals surface area contributed by atoms with E-state index in [2.05, 4.69) is 66.6 Å². The van der Waals surface area contributed by atoms with Crippen LogP contribution in [0.5, 0.6) is 0 Å². The van der Waals surface area contributed by atoms with E-state index in [0.717, 1.165) is 22.3 Å². The maximum Gasteiger partial charge on any atom is 0.186 e. The number of hydrogen-bond acceptors (Lipinski definition) is 2. The molecule has 0 spiro atoms. The van der Waals surface area contributed by atoms with E-state index in [-0.39, 0.29) is 5.78 Å². The Hall–Kier alpha value is -3.65. The van der Waals surface area contributed by atoms with E-state index >= 15 is 0 Å². The Bertz CT molecular complexity index is 1150. The molecule has 1 aliphatic heterocycles. The molecule has 0 amide bonds. The van der Waals surface area contributed by atoms with Crippen LogP contribution < -0.4 is 4.90 Å². The summed E-state index contributed by atoms with van der Waals surface area (Å²) in [5.74, 6) is 0.0463. The van der Waals surface area contributed by atoms with Crippen molar-refractivity contribution in [3.8, 4) is 0 Å². The Morgan fingerprint density at radius 3 is 1.86 bits per heavy atom. The van der Waals surface area contributed by atoms with Crippen molar-refractivity contribution in [2.24, 2.45) is 0 Å². The van der Waals surface area contributed by atoms with Gasteiger partial charge in [0.25, 0.3) is 0 Å². The van der Waals surface area contributed by atoms with Crippen molar-refractivity contribution >= 4 is 34.4 Å². The molecule has 1 aliphatic carbocycles. The number of nitrogens with zero attached hydrogens (tertiary/aromatic N) is 1. The number of ketones is 1. The Kier molecular flexibility index (Phi) is 3.84. The van der Waals surface area contributed by atoms with Crippen LogP contribution in [-0.4, -0.2) is 12.8 Å². The molecule has 0 saturated heterocycles. The van der Waals surface area contributed by atoms with Gasteiger partial charge < -0.3 is 4.90 Å². The summed E-state index contributed by atoms with van der Waals surface area (Å²) in [6.07, 6.45) is 7.61. The molecule has 0 fully saturated rings. The van der Waals surface area contributed by atoms with E-state index in [9.17, 15) is 4.79 Å². The SMILES string of the molecule is CN1c2ccccc2C(=C/C=C2\C(=O)C=Cc3ccccc32)c2ccccc21. The normalized spacial score (nSPS) is 15.9. The molecule has 0 aromatic heterocycles. The summed E-state index contributed by atoms with van der Waals surface area (Å²) in [4.78, 5) is 14.8. The summed E-state index contributed by atoms with van der Waals surface area (Å²) in [7, 11) is 2.10. The van der Waals surface area contributed by atoms with Gasteiger partial charge in [-0.3, -0.25) is 4.79 Å². The molecule has 2 aliphatic rings. The van der Waals surface area contributed by atoms with Crippen molar-refractivity contribution in [3.05, 3.63) is 113 Å². The van der Waals surface area contributed by atoms with Gasteiger partial charge in [0, 0.05) is 35.1 Å². The summed E-state index contributed by atoms with van der Waals surface area (Å²) in [6, 6.07) is 24.8. The summed E-state index contributed by atoms with van der Waals surface area (Å²) >= 11 is 0. The molecule has 0 saturated carbocycles. The van der Waals surface area contributed by atoms with Crippen molar-refractivity contribution in [2.45, 2.75) is 0 Å². The average molecular weight is 361 g/mol. The second kappa shape index (κ2) is 6.50. The lowest BCUT2D eigenvalue weighted by atomic mass is 9.88. The smallest absolute Gasteiger partial charge is 0.186 e. The van der Waals surface area contributed by atoms with Crippen molar-refractivity contribution < 1.29 is 4.79 Å². The number of carbonyl (C=O) groups excluding carboxylic acids is 1. The molecule has 5 rings (SSSR count). The highest BCUT2D eigenvalue weighted by atomic mass is 16.1. The third kappa shape index (κ3) is 2.54. The fraction of sp³-hybridized carbons (Fsp3) is 0.0385. The summed E-state index contributed by atoms with van der Waals surface area (Å²) in [5.41, 5.74) is 8.62. The molecular formula is C26H19NO. The molecule has 3 aromatic carbocycles. The van der Waals surface area contributed by atoms with E-state index in [0.29, 0.717) is 0 Å². The predicted octanol–water partition coefficient (Wildman–Crippen LogP) is 5.88. The van der Waals surface area contributed by atoms with E-state index in [4.69, 9.17) is 0 Å². The first-order valence-corrected chi connectivity index (χ1v) is 9.40. The third-order valence-electron chi connectivity index (χ3n) is 5.46. The van der Waals surface area contributed by atoms with E-state index in [1.54, 1.807) is 6.08 Å². The average Bonchev–Trinajstić information content (AvgIpc) is 2.75. The molecule has 0 atom stereocenters. The number of hydrogen-bond donors (Lipinski definition) is 0. The first kappa shape index (κ1) is 16.5. The quantitative estimate of drug-likeness (QED) is 0.505. The standard InChI is InChI=1S/C26H19NO/c1-27-24-12-6-4-10-21(24)20(22-11-5-7-13-25(22)27)15-16-23-19-9-3-2-8-18(19)14-17-26(23)28/h2-17H,1H3/b23-16-. The van der Waals surface area contributed by atoms with Gasteiger partial charge in [-0.25, -0.2) is 0 Å². The minimum Gasteiger partial charge on any atom is -0.344 e. The molecule has 0 radical (unpaired) electrons. The number of benzene rings is 3. The zero-order valence-corrected chi connectivity index (χ0v) is 15.6. The molecule has 3 aromatic rings. The van der Waals surface area contributed by atoms with Crippen LogP contribution in [0.2, 0.25) is 0 Å². The molecule has 28 heavy (non-hydrogen) atoms. The topological polar surface area (TPSA) is 20.3 Å². The van der Waals surface area contributed by atoms with Crippen LogP contribution in [0.4, 0.5) is 11.4 Å². The Morgan fingerprint density at radius 2 is 1.18 bits per heavy atom. The van der Waals surface area contributed by atoms with Gasteiger partial charge in [0.05, 0.1) is 0 Å². The summed E-state index contributed by atoms with van der Waals surface area (Å²) in [5, 5.41) is 0. The largest absolute Gasteiger partial charge is 0.344 e.